The summed E-state index contributed by atoms with van der Waals surface area (Å²) in [4.78, 5) is 13.5. The summed E-state index contributed by atoms with van der Waals surface area (Å²) < 4.78 is 0. The van der Waals surface area contributed by atoms with Gasteiger partial charge in [-0.3, -0.25) is 0 Å². The van der Waals surface area contributed by atoms with Gasteiger partial charge in [-0.1, -0.05) is 6.92 Å². The van der Waals surface area contributed by atoms with Gasteiger partial charge < -0.3 is 15.2 Å². The van der Waals surface area contributed by atoms with Gasteiger partial charge in [0.05, 0.1) is 0 Å². The van der Waals surface area contributed by atoms with Gasteiger partial charge in [0.25, 0.3) is 0 Å². The number of rotatable bonds is 5. The van der Waals surface area contributed by atoms with Gasteiger partial charge in [0.1, 0.15) is 17.5 Å². The predicted molar refractivity (Wildman–Crippen MR) is 78.1 cm³/mol. The number of hydrazine groups is 1. The molecule has 2 heterocycles. The zero-order valence-corrected chi connectivity index (χ0v) is 12.1. The number of nitrogens with zero attached hydrogens (tertiary/aromatic N) is 4. The molecule has 1 aliphatic heterocycles. The van der Waals surface area contributed by atoms with Crippen molar-refractivity contribution in [3.63, 3.8) is 0 Å². The van der Waals surface area contributed by atoms with E-state index in [9.17, 15) is 0 Å². The molecule has 3 N–H and O–H groups in total. The molecule has 0 radical (unpaired) electrons. The first-order chi connectivity index (χ1) is 9.13. The molecule has 1 saturated heterocycles. The molecule has 2 rings (SSSR count). The fraction of sp³-hybridized carbons (Fsp3) is 0.692. The quantitative estimate of drug-likeness (QED) is 0.607. The number of nitrogen functional groups attached to an aromatic ring is 1. The van der Waals surface area contributed by atoms with Gasteiger partial charge >= 0.3 is 0 Å². The van der Waals surface area contributed by atoms with E-state index < -0.39 is 0 Å². The molecule has 0 aromatic carbocycles. The smallest absolute Gasteiger partial charge is 0.145 e. The van der Waals surface area contributed by atoms with Crippen LogP contribution in [0.1, 0.15) is 25.6 Å². The molecule has 1 atom stereocenters. The van der Waals surface area contributed by atoms with Crippen LogP contribution in [0.25, 0.3) is 0 Å². The lowest BCUT2D eigenvalue weighted by molar-refractivity contribution is 0.314. The van der Waals surface area contributed by atoms with Gasteiger partial charge in [-0.2, -0.15) is 0 Å². The van der Waals surface area contributed by atoms with Crippen LogP contribution in [0.4, 0.5) is 11.6 Å². The van der Waals surface area contributed by atoms with Crippen LogP contribution in [0.5, 0.6) is 0 Å². The third kappa shape index (κ3) is 3.33. The topological polar surface area (TPSA) is 70.3 Å². The van der Waals surface area contributed by atoms with Crippen LogP contribution >= 0.6 is 0 Å². The third-order valence-electron chi connectivity index (χ3n) is 3.77. The maximum absolute atomic E-state index is 5.46. The summed E-state index contributed by atoms with van der Waals surface area (Å²) in [6, 6.07) is 2.51. The molecule has 0 saturated carbocycles. The predicted octanol–water partition coefficient (Wildman–Crippen LogP) is 0.855. The van der Waals surface area contributed by atoms with Crippen molar-refractivity contribution in [2.75, 3.05) is 37.5 Å². The number of hydrogen-bond donors (Lipinski definition) is 2. The van der Waals surface area contributed by atoms with Gasteiger partial charge in [-0.15, -0.1) is 0 Å². The number of likely N-dealkylation sites (tertiary alicyclic amines) is 1. The van der Waals surface area contributed by atoms with Gasteiger partial charge in [0, 0.05) is 32.1 Å². The first-order valence-electron chi connectivity index (χ1n) is 6.90. The number of nitrogens with two attached hydrogens (primary N) is 1. The van der Waals surface area contributed by atoms with E-state index in [1.807, 2.05) is 13.0 Å². The number of aryl methyl sites for hydroxylation is 1. The van der Waals surface area contributed by atoms with E-state index in [-0.39, 0.29) is 0 Å². The molecule has 0 spiro atoms. The molecule has 1 aromatic heterocycles. The van der Waals surface area contributed by atoms with Crippen LogP contribution in [-0.4, -0.2) is 48.1 Å². The Bertz CT molecular complexity index is 399. The largest absolute Gasteiger partial charge is 0.358 e. The van der Waals surface area contributed by atoms with E-state index in [2.05, 4.69) is 39.3 Å². The number of anilines is 2. The zero-order valence-electron chi connectivity index (χ0n) is 12.1. The lowest BCUT2D eigenvalue weighted by Crippen LogP contribution is -2.37. The molecule has 19 heavy (non-hydrogen) atoms. The SMILES string of the molecule is CCc1nc(NN)cc(N(C)CC2CCCN2C)n1. The molecule has 0 amide bonds. The molecule has 1 aliphatic rings. The standard InChI is InChI=1S/C13H24N6/c1-4-11-15-12(17-14)8-13(16-11)19(3)9-10-6-5-7-18(10)2/h8,10H,4-7,9,14H2,1-3H3,(H,15,16,17). The summed E-state index contributed by atoms with van der Waals surface area (Å²) in [6.45, 7) is 4.23. The van der Waals surface area contributed by atoms with Gasteiger partial charge in [-0.05, 0) is 26.4 Å². The molecule has 0 aliphatic carbocycles. The Morgan fingerprint density at radius 2 is 2.32 bits per heavy atom. The highest BCUT2D eigenvalue weighted by Crippen LogP contribution is 2.19. The van der Waals surface area contributed by atoms with Crippen LogP contribution in [0.3, 0.4) is 0 Å². The minimum absolute atomic E-state index is 0.610. The maximum Gasteiger partial charge on any atom is 0.145 e. The zero-order chi connectivity index (χ0) is 13.8. The molecule has 1 fully saturated rings. The Labute approximate surface area is 115 Å². The van der Waals surface area contributed by atoms with Crippen molar-refractivity contribution >= 4 is 11.6 Å². The normalized spacial score (nSPS) is 19.7. The second kappa shape index (κ2) is 6.16. The molecule has 106 valence electrons. The van der Waals surface area contributed by atoms with Crippen molar-refractivity contribution in [1.82, 2.24) is 14.9 Å². The molecular formula is C13H24N6. The van der Waals surface area contributed by atoms with Gasteiger partial charge in [0.2, 0.25) is 0 Å². The van der Waals surface area contributed by atoms with E-state index in [0.29, 0.717) is 11.9 Å². The second-order valence-electron chi connectivity index (χ2n) is 5.18. The summed E-state index contributed by atoms with van der Waals surface area (Å²) in [7, 11) is 4.27. The lowest BCUT2D eigenvalue weighted by atomic mass is 10.2. The van der Waals surface area contributed by atoms with Crippen molar-refractivity contribution in [1.29, 1.82) is 0 Å². The molecule has 6 nitrogen and oxygen atoms in total. The molecule has 1 aromatic rings. The van der Waals surface area contributed by atoms with E-state index in [1.165, 1.54) is 19.4 Å². The maximum atomic E-state index is 5.46. The summed E-state index contributed by atoms with van der Waals surface area (Å²) in [6.07, 6.45) is 3.35. The van der Waals surface area contributed by atoms with Crippen LogP contribution in [-0.2, 0) is 6.42 Å². The van der Waals surface area contributed by atoms with E-state index >= 15 is 0 Å². The second-order valence-corrected chi connectivity index (χ2v) is 5.18. The average molecular weight is 264 g/mol. The number of hydrogen-bond acceptors (Lipinski definition) is 6. The lowest BCUT2D eigenvalue weighted by Gasteiger charge is -2.27. The summed E-state index contributed by atoms with van der Waals surface area (Å²) >= 11 is 0. The van der Waals surface area contributed by atoms with Crippen LogP contribution in [0, 0.1) is 0 Å². The Balaban J connectivity index is 2.11. The van der Waals surface area contributed by atoms with Gasteiger partial charge in [0.15, 0.2) is 0 Å². The first-order valence-corrected chi connectivity index (χ1v) is 6.90. The number of likely N-dealkylation sites (N-methyl/N-ethyl adjacent to an activating group) is 2. The van der Waals surface area contributed by atoms with Gasteiger partial charge in [-0.25, -0.2) is 15.8 Å². The first kappa shape index (κ1) is 14.0. The summed E-state index contributed by atoms with van der Waals surface area (Å²) in [5.41, 5.74) is 2.61. The van der Waals surface area contributed by atoms with Crippen LogP contribution in [0.15, 0.2) is 6.07 Å². The highest BCUT2D eigenvalue weighted by molar-refractivity contribution is 5.48. The summed E-state index contributed by atoms with van der Waals surface area (Å²) in [5.74, 6) is 7.88. The minimum Gasteiger partial charge on any atom is -0.358 e. The highest BCUT2D eigenvalue weighted by atomic mass is 15.3. The molecule has 1 unspecified atom stereocenters. The van der Waals surface area contributed by atoms with Crippen molar-refractivity contribution in [3.05, 3.63) is 11.9 Å². The number of aromatic nitrogens is 2. The van der Waals surface area contributed by atoms with E-state index in [0.717, 1.165) is 24.6 Å². The van der Waals surface area contributed by atoms with Crippen LogP contribution < -0.4 is 16.2 Å². The van der Waals surface area contributed by atoms with Crippen molar-refractivity contribution in [2.24, 2.45) is 5.84 Å². The third-order valence-corrected chi connectivity index (χ3v) is 3.77. The monoisotopic (exact) mass is 264 g/mol. The molecular weight excluding hydrogens is 240 g/mol. The fourth-order valence-corrected chi connectivity index (χ4v) is 2.53. The Hall–Kier alpha value is -1.40. The fourth-order valence-electron chi connectivity index (χ4n) is 2.53. The molecule has 6 heteroatoms. The minimum atomic E-state index is 0.610. The van der Waals surface area contributed by atoms with Crippen molar-refractivity contribution < 1.29 is 0 Å². The number of nitrogens with one attached hydrogen (secondary N) is 1. The Morgan fingerprint density at radius 3 is 2.89 bits per heavy atom. The van der Waals surface area contributed by atoms with Crippen LogP contribution in [0.2, 0.25) is 0 Å². The van der Waals surface area contributed by atoms with Crippen molar-refractivity contribution in [2.45, 2.75) is 32.2 Å². The molecule has 0 bridgehead atoms. The van der Waals surface area contributed by atoms with E-state index in [4.69, 9.17) is 5.84 Å². The Kier molecular flexibility index (Phi) is 4.55. The average Bonchev–Trinajstić information content (AvgIpc) is 2.83. The Morgan fingerprint density at radius 1 is 1.53 bits per heavy atom. The van der Waals surface area contributed by atoms with E-state index in [1.54, 1.807) is 0 Å². The highest BCUT2D eigenvalue weighted by Gasteiger charge is 2.22. The van der Waals surface area contributed by atoms with Crippen molar-refractivity contribution in [3.8, 4) is 0 Å². The summed E-state index contributed by atoms with van der Waals surface area (Å²) in [5, 5.41) is 0.